The Kier molecular flexibility index (Phi) is 8.02. The summed E-state index contributed by atoms with van der Waals surface area (Å²) < 4.78 is 1.79. The van der Waals surface area contributed by atoms with Gasteiger partial charge >= 0.3 is 6.03 Å². The van der Waals surface area contributed by atoms with Crippen molar-refractivity contribution in [2.24, 2.45) is 0 Å². The molecule has 0 radical (unpaired) electrons. The number of hydrogen-bond acceptors (Lipinski definition) is 4. The normalized spacial score (nSPS) is 14.6. The number of likely N-dealkylation sites (N-methyl/N-ethyl adjacent to an activating group) is 1. The highest BCUT2D eigenvalue weighted by atomic mass is 16.2. The van der Waals surface area contributed by atoms with Gasteiger partial charge in [-0.3, -0.25) is 10.2 Å². The summed E-state index contributed by atoms with van der Waals surface area (Å²) in [5.74, 6) is 0.617. The summed E-state index contributed by atoms with van der Waals surface area (Å²) in [7, 11) is 2.19. The molecule has 7 nitrogen and oxygen atoms in total. The summed E-state index contributed by atoms with van der Waals surface area (Å²) in [4.78, 5) is 18.3. The first kappa shape index (κ1) is 28.6. The van der Waals surface area contributed by atoms with Crippen molar-refractivity contribution in [3.05, 3.63) is 108 Å². The number of carbonyl (C=O) groups is 1. The lowest BCUT2D eigenvalue weighted by molar-refractivity contribution is 0.148. The van der Waals surface area contributed by atoms with E-state index in [1.54, 1.807) is 4.68 Å². The largest absolute Gasteiger partial charge is 0.324 e. The minimum atomic E-state index is -0.316. The van der Waals surface area contributed by atoms with E-state index in [0.717, 1.165) is 71.7 Å². The van der Waals surface area contributed by atoms with E-state index in [0.29, 0.717) is 5.82 Å². The maximum absolute atomic E-state index is 13.4. The Balaban J connectivity index is 1.22. The Morgan fingerprint density at radius 1 is 0.791 bits per heavy atom. The molecule has 2 amide bonds. The van der Waals surface area contributed by atoms with Crippen molar-refractivity contribution in [2.45, 2.75) is 32.7 Å². The van der Waals surface area contributed by atoms with Crippen LogP contribution in [0.3, 0.4) is 0 Å². The number of nitrogens with one attached hydrogen (secondary N) is 2. The Morgan fingerprint density at radius 3 is 2.16 bits per heavy atom. The Bertz CT molecular complexity index is 1710. The molecule has 7 heteroatoms. The highest BCUT2D eigenvalue weighted by molar-refractivity contribution is 6.09. The highest BCUT2D eigenvalue weighted by Crippen LogP contribution is 2.34. The van der Waals surface area contributed by atoms with Crippen LogP contribution in [0.1, 0.15) is 32.0 Å². The van der Waals surface area contributed by atoms with E-state index < -0.39 is 0 Å². The number of fused-ring (bicyclic) bond motifs is 1. The summed E-state index contributed by atoms with van der Waals surface area (Å²) in [6, 6.07) is 32.7. The lowest BCUT2D eigenvalue weighted by Gasteiger charge is -2.32. The molecule has 220 valence electrons. The molecule has 0 spiro atoms. The van der Waals surface area contributed by atoms with Crippen LogP contribution in [0.25, 0.3) is 27.6 Å². The van der Waals surface area contributed by atoms with Crippen molar-refractivity contribution in [1.29, 1.82) is 0 Å². The van der Waals surface area contributed by atoms with E-state index in [4.69, 9.17) is 5.10 Å². The third-order valence-corrected chi connectivity index (χ3v) is 8.16. The molecular weight excluding hydrogens is 532 g/mol. The topological polar surface area (TPSA) is 65.4 Å². The first-order valence-corrected chi connectivity index (χ1v) is 15.0. The highest BCUT2D eigenvalue weighted by Gasteiger charge is 2.22. The Hall–Kier alpha value is -4.46. The lowest BCUT2D eigenvalue weighted by Crippen LogP contribution is -2.43. The first-order chi connectivity index (χ1) is 20.7. The second-order valence-electron chi connectivity index (χ2n) is 12.5. The number of benzene rings is 4. The molecule has 1 aliphatic heterocycles. The van der Waals surface area contributed by atoms with Crippen LogP contribution in [0, 0.1) is 0 Å². The average molecular weight is 573 g/mol. The van der Waals surface area contributed by atoms with Crippen molar-refractivity contribution in [3.8, 4) is 16.8 Å². The van der Waals surface area contributed by atoms with Gasteiger partial charge in [-0.1, -0.05) is 93.6 Å². The fourth-order valence-electron chi connectivity index (χ4n) is 5.59. The molecule has 6 rings (SSSR count). The number of hydrogen-bond donors (Lipinski definition) is 2. The maximum atomic E-state index is 13.4. The molecule has 2 heterocycles. The number of piperazine rings is 1. The minimum Gasteiger partial charge on any atom is -0.307 e. The molecule has 4 aromatic carbocycles. The molecule has 0 unspecified atom stereocenters. The number of anilines is 2. The average Bonchev–Trinajstić information content (AvgIpc) is 3.44. The van der Waals surface area contributed by atoms with Crippen LogP contribution in [0.5, 0.6) is 0 Å². The van der Waals surface area contributed by atoms with Crippen LogP contribution >= 0.6 is 0 Å². The van der Waals surface area contributed by atoms with E-state index >= 15 is 0 Å². The second kappa shape index (κ2) is 12.0. The summed E-state index contributed by atoms with van der Waals surface area (Å²) in [6.07, 6.45) is 0. The van der Waals surface area contributed by atoms with Gasteiger partial charge < -0.3 is 10.2 Å². The Labute approximate surface area is 254 Å². The van der Waals surface area contributed by atoms with Gasteiger partial charge in [-0.15, -0.1) is 0 Å². The molecule has 0 atom stereocenters. The minimum absolute atomic E-state index is 0.165. The number of aromatic nitrogens is 2. The van der Waals surface area contributed by atoms with Crippen molar-refractivity contribution in [2.75, 3.05) is 43.9 Å². The summed E-state index contributed by atoms with van der Waals surface area (Å²) in [5.41, 5.74) is 6.01. The second-order valence-corrected chi connectivity index (χ2v) is 12.5. The molecule has 1 aromatic heterocycles. The van der Waals surface area contributed by atoms with Gasteiger partial charge in [-0.25, -0.2) is 9.48 Å². The summed E-state index contributed by atoms with van der Waals surface area (Å²) >= 11 is 0. The van der Waals surface area contributed by atoms with Gasteiger partial charge in [-0.2, -0.15) is 5.10 Å². The monoisotopic (exact) mass is 572 g/mol. The van der Waals surface area contributed by atoms with Crippen LogP contribution in [0.4, 0.5) is 16.3 Å². The summed E-state index contributed by atoms with van der Waals surface area (Å²) in [6.45, 7) is 11.8. The third-order valence-electron chi connectivity index (χ3n) is 8.16. The number of para-hydroxylation sites is 1. The molecule has 0 aliphatic carbocycles. The first-order valence-electron chi connectivity index (χ1n) is 15.0. The van der Waals surface area contributed by atoms with Gasteiger partial charge in [0.2, 0.25) is 0 Å². The van der Waals surface area contributed by atoms with E-state index in [1.165, 1.54) is 5.56 Å². The van der Waals surface area contributed by atoms with Gasteiger partial charge in [-0.05, 0) is 47.3 Å². The predicted octanol–water partition coefficient (Wildman–Crippen LogP) is 7.38. The smallest absolute Gasteiger partial charge is 0.307 e. The van der Waals surface area contributed by atoms with E-state index in [9.17, 15) is 4.79 Å². The quantitative estimate of drug-likeness (QED) is 0.223. The van der Waals surface area contributed by atoms with Crippen LogP contribution in [0.15, 0.2) is 97.1 Å². The molecule has 5 aromatic rings. The van der Waals surface area contributed by atoms with Crippen LogP contribution in [0.2, 0.25) is 0 Å². The van der Waals surface area contributed by atoms with Gasteiger partial charge in [0.25, 0.3) is 0 Å². The van der Waals surface area contributed by atoms with Crippen LogP contribution in [-0.4, -0.2) is 58.8 Å². The number of rotatable bonds is 6. The fourth-order valence-corrected chi connectivity index (χ4v) is 5.59. The Morgan fingerprint density at radius 2 is 1.47 bits per heavy atom. The zero-order valence-corrected chi connectivity index (χ0v) is 25.5. The third kappa shape index (κ3) is 6.48. The zero-order valence-electron chi connectivity index (χ0n) is 25.5. The van der Waals surface area contributed by atoms with E-state index in [-0.39, 0.29) is 11.4 Å². The van der Waals surface area contributed by atoms with Crippen LogP contribution < -0.4 is 10.6 Å². The van der Waals surface area contributed by atoms with Gasteiger partial charge in [0.15, 0.2) is 0 Å². The fraction of sp³-hybridized carbons (Fsp3) is 0.278. The van der Waals surface area contributed by atoms with Gasteiger partial charge in [0.05, 0.1) is 17.1 Å². The molecule has 0 saturated carbocycles. The number of urea groups is 1. The predicted molar refractivity (Wildman–Crippen MR) is 177 cm³/mol. The van der Waals surface area contributed by atoms with Crippen molar-refractivity contribution in [1.82, 2.24) is 19.6 Å². The SMILES string of the molecule is CN1CCN(Cc2ccc(-c3ccc(NC(=O)Nc4cc(C(C)(C)C)nn4-c4ccccc4)c4ccccc34)cc2)CC1. The molecular formula is C36H40N6O. The maximum Gasteiger partial charge on any atom is 0.324 e. The molecule has 0 bridgehead atoms. The number of amides is 2. The van der Waals surface area contributed by atoms with Crippen LogP contribution in [-0.2, 0) is 12.0 Å². The molecule has 1 aliphatic rings. The number of carbonyl (C=O) groups excluding carboxylic acids is 1. The van der Waals surface area contributed by atoms with E-state index in [1.807, 2.05) is 54.6 Å². The zero-order chi connectivity index (χ0) is 30.0. The lowest BCUT2D eigenvalue weighted by atomic mass is 9.92. The van der Waals surface area contributed by atoms with Gasteiger partial charge in [0, 0.05) is 49.6 Å². The molecule has 2 N–H and O–H groups in total. The van der Waals surface area contributed by atoms with Crippen molar-refractivity contribution < 1.29 is 4.79 Å². The molecule has 43 heavy (non-hydrogen) atoms. The number of nitrogens with zero attached hydrogens (tertiary/aromatic N) is 4. The van der Waals surface area contributed by atoms with E-state index in [2.05, 4.69) is 90.7 Å². The summed E-state index contributed by atoms with van der Waals surface area (Å²) in [5, 5.41) is 13.0. The van der Waals surface area contributed by atoms with Crippen molar-refractivity contribution in [3.63, 3.8) is 0 Å². The molecule has 1 fully saturated rings. The standard InChI is InChI=1S/C36H40N6O/c1-36(2,3)33-24-34(42(39-33)28-10-6-5-7-11-28)38-35(43)37-32-19-18-29(30-12-8-9-13-31(30)32)27-16-14-26(15-17-27)25-41-22-20-40(4)21-23-41/h5-19,24H,20-23,25H2,1-4H3,(H2,37,38,43). The van der Waals surface area contributed by atoms with Gasteiger partial charge in [0.1, 0.15) is 5.82 Å². The van der Waals surface area contributed by atoms with Crippen molar-refractivity contribution >= 4 is 28.3 Å². The molecule has 1 saturated heterocycles.